The molecular formula is C19H20INO5. The zero-order valence-corrected chi connectivity index (χ0v) is 16.4. The standard InChI is InChI=1S/C19H20INO5/c1-12(23)13-4-7-15(8-5-13)21-19(25)26-18(3-2-10-22)16-11-14(20)6-9-17(16)24/h4-9,11,18,22,24H,2-3,10H2,1H3,(H,21,25)/t18-/m1/s1. The molecule has 0 unspecified atom stereocenters. The summed E-state index contributed by atoms with van der Waals surface area (Å²) in [7, 11) is 0. The van der Waals surface area contributed by atoms with Crippen molar-refractivity contribution in [2.75, 3.05) is 11.9 Å². The molecule has 3 N–H and O–H groups in total. The zero-order chi connectivity index (χ0) is 19.1. The number of carbonyl (C=O) groups is 2. The number of ether oxygens (including phenoxy) is 1. The van der Waals surface area contributed by atoms with Crippen molar-refractivity contribution in [2.45, 2.75) is 25.9 Å². The van der Waals surface area contributed by atoms with Crippen LogP contribution in [0.15, 0.2) is 42.5 Å². The van der Waals surface area contributed by atoms with E-state index >= 15 is 0 Å². The lowest BCUT2D eigenvalue weighted by Gasteiger charge is -2.19. The Kier molecular flexibility index (Phi) is 7.40. The lowest BCUT2D eigenvalue weighted by Crippen LogP contribution is -2.18. The highest BCUT2D eigenvalue weighted by atomic mass is 127. The van der Waals surface area contributed by atoms with Crippen LogP contribution < -0.4 is 5.32 Å². The summed E-state index contributed by atoms with van der Waals surface area (Å²) >= 11 is 2.11. The molecule has 0 heterocycles. The van der Waals surface area contributed by atoms with Gasteiger partial charge in [-0.3, -0.25) is 10.1 Å². The molecule has 138 valence electrons. The summed E-state index contributed by atoms with van der Waals surface area (Å²) in [6.45, 7) is 1.43. The average Bonchev–Trinajstić information content (AvgIpc) is 2.61. The number of halogens is 1. The topological polar surface area (TPSA) is 95.9 Å². The molecule has 0 aromatic heterocycles. The van der Waals surface area contributed by atoms with Crippen LogP contribution in [0.1, 0.15) is 41.8 Å². The number of amides is 1. The average molecular weight is 469 g/mol. The first-order valence-corrected chi connectivity index (χ1v) is 9.16. The first kappa shape index (κ1) is 20.2. The van der Waals surface area contributed by atoms with Crippen molar-refractivity contribution in [3.63, 3.8) is 0 Å². The van der Waals surface area contributed by atoms with Crippen molar-refractivity contribution in [3.05, 3.63) is 57.2 Å². The van der Waals surface area contributed by atoms with Crippen molar-refractivity contribution in [1.29, 1.82) is 0 Å². The van der Waals surface area contributed by atoms with E-state index in [0.29, 0.717) is 29.7 Å². The monoisotopic (exact) mass is 469 g/mol. The Balaban J connectivity index is 2.10. The lowest BCUT2D eigenvalue weighted by molar-refractivity contribution is 0.0978. The molecule has 0 aliphatic heterocycles. The number of aromatic hydroxyl groups is 1. The highest BCUT2D eigenvalue weighted by Crippen LogP contribution is 2.32. The van der Waals surface area contributed by atoms with Gasteiger partial charge in [0.15, 0.2) is 5.78 Å². The van der Waals surface area contributed by atoms with Crippen molar-refractivity contribution >= 4 is 40.2 Å². The van der Waals surface area contributed by atoms with E-state index in [1.165, 1.54) is 6.92 Å². The van der Waals surface area contributed by atoms with Crippen molar-refractivity contribution in [1.82, 2.24) is 0 Å². The van der Waals surface area contributed by atoms with Gasteiger partial charge in [-0.05, 0) is 84.8 Å². The molecule has 2 aromatic rings. The predicted octanol–water partition coefficient (Wildman–Crippen LogP) is 4.26. The Morgan fingerprint density at radius 3 is 2.50 bits per heavy atom. The number of phenolic OH excluding ortho intramolecular Hbond substituents is 1. The number of hydrogen-bond donors (Lipinski definition) is 3. The molecular weight excluding hydrogens is 449 g/mol. The SMILES string of the molecule is CC(=O)c1ccc(NC(=O)O[C@H](CCCO)c2cc(I)ccc2O)cc1. The fraction of sp³-hybridized carbons (Fsp3) is 0.263. The molecule has 0 saturated carbocycles. The number of carbonyl (C=O) groups excluding carboxylic acids is 2. The van der Waals surface area contributed by atoms with Crippen LogP contribution in [0.2, 0.25) is 0 Å². The van der Waals surface area contributed by atoms with E-state index in [1.54, 1.807) is 42.5 Å². The molecule has 0 spiro atoms. The smallest absolute Gasteiger partial charge is 0.412 e. The van der Waals surface area contributed by atoms with Gasteiger partial charge in [0, 0.05) is 27.0 Å². The molecule has 0 fully saturated rings. The maximum atomic E-state index is 12.2. The Labute approximate surface area is 165 Å². The third-order valence-electron chi connectivity index (χ3n) is 3.75. The van der Waals surface area contributed by atoms with Crippen LogP contribution in [0.4, 0.5) is 10.5 Å². The van der Waals surface area contributed by atoms with Crippen LogP contribution in [-0.4, -0.2) is 28.7 Å². The molecule has 6 nitrogen and oxygen atoms in total. The van der Waals surface area contributed by atoms with Gasteiger partial charge in [0.1, 0.15) is 11.9 Å². The largest absolute Gasteiger partial charge is 0.508 e. The van der Waals surface area contributed by atoms with Crippen molar-refractivity contribution in [3.8, 4) is 5.75 Å². The number of nitrogens with one attached hydrogen (secondary N) is 1. The quantitative estimate of drug-likeness (QED) is 0.416. The van der Waals surface area contributed by atoms with Gasteiger partial charge in [0.25, 0.3) is 0 Å². The molecule has 0 saturated heterocycles. The number of ketones is 1. The van der Waals surface area contributed by atoms with Gasteiger partial charge in [-0.2, -0.15) is 0 Å². The third kappa shape index (κ3) is 5.70. The molecule has 2 aromatic carbocycles. The van der Waals surface area contributed by atoms with E-state index in [9.17, 15) is 14.7 Å². The molecule has 0 radical (unpaired) electrons. The van der Waals surface area contributed by atoms with Crippen LogP contribution in [0, 0.1) is 3.57 Å². The maximum Gasteiger partial charge on any atom is 0.412 e. The second kappa shape index (κ2) is 9.54. The minimum atomic E-state index is -0.687. The van der Waals surface area contributed by atoms with E-state index in [-0.39, 0.29) is 18.1 Å². The summed E-state index contributed by atoms with van der Waals surface area (Å²) in [5.41, 5.74) is 1.54. The van der Waals surface area contributed by atoms with Gasteiger partial charge in [-0.1, -0.05) is 0 Å². The van der Waals surface area contributed by atoms with E-state index in [4.69, 9.17) is 9.84 Å². The molecule has 1 amide bonds. The number of phenols is 1. The van der Waals surface area contributed by atoms with Gasteiger partial charge in [0.05, 0.1) is 0 Å². The van der Waals surface area contributed by atoms with Gasteiger partial charge in [0.2, 0.25) is 0 Å². The minimum Gasteiger partial charge on any atom is -0.508 e. The second-order valence-electron chi connectivity index (χ2n) is 5.72. The predicted molar refractivity (Wildman–Crippen MR) is 106 cm³/mol. The summed E-state index contributed by atoms with van der Waals surface area (Å²) in [6, 6.07) is 11.5. The number of Topliss-reactive ketones (excluding diaryl/α,β-unsaturated/α-hetero) is 1. The molecule has 7 heteroatoms. The number of rotatable bonds is 7. The maximum absolute atomic E-state index is 12.2. The van der Waals surface area contributed by atoms with Gasteiger partial charge < -0.3 is 14.9 Å². The fourth-order valence-corrected chi connectivity index (χ4v) is 2.92. The summed E-state index contributed by atoms with van der Waals surface area (Å²) in [5, 5.41) is 21.8. The molecule has 0 aliphatic carbocycles. The van der Waals surface area contributed by atoms with Crippen LogP contribution in [0.25, 0.3) is 0 Å². The van der Waals surface area contributed by atoms with Crippen LogP contribution in [-0.2, 0) is 4.74 Å². The molecule has 26 heavy (non-hydrogen) atoms. The third-order valence-corrected chi connectivity index (χ3v) is 4.42. The second-order valence-corrected chi connectivity index (χ2v) is 6.97. The number of benzene rings is 2. The number of hydrogen-bond acceptors (Lipinski definition) is 5. The molecule has 2 rings (SSSR count). The first-order valence-electron chi connectivity index (χ1n) is 8.08. The van der Waals surface area contributed by atoms with Crippen LogP contribution in [0.5, 0.6) is 5.75 Å². The Morgan fingerprint density at radius 1 is 1.19 bits per heavy atom. The summed E-state index contributed by atoms with van der Waals surface area (Å²) in [5.74, 6) is -0.0238. The highest BCUT2D eigenvalue weighted by molar-refractivity contribution is 14.1. The summed E-state index contributed by atoms with van der Waals surface area (Å²) < 4.78 is 6.36. The Bertz CT molecular complexity index is 776. The van der Waals surface area contributed by atoms with Gasteiger partial charge >= 0.3 is 6.09 Å². The van der Waals surface area contributed by atoms with E-state index < -0.39 is 12.2 Å². The zero-order valence-electron chi connectivity index (χ0n) is 14.2. The van der Waals surface area contributed by atoms with E-state index in [0.717, 1.165) is 3.57 Å². The van der Waals surface area contributed by atoms with Crippen molar-refractivity contribution < 1.29 is 24.5 Å². The van der Waals surface area contributed by atoms with Crippen LogP contribution >= 0.6 is 22.6 Å². The number of aliphatic hydroxyl groups excluding tert-OH is 1. The summed E-state index contributed by atoms with van der Waals surface area (Å²) in [4.78, 5) is 23.5. The Morgan fingerprint density at radius 2 is 1.88 bits per heavy atom. The molecule has 1 atom stereocenters. The lowest BCUT2D eigenvalue weighted by atomic mass is 10.0. The van der Waals surface area contributed by atoms with Gasteiger partial charge in [-0.25, -0.2) is 4.79 Å². The normalized spacial score (nSPS) is 11.7. The van der Waals surface area contributed by atoms with Crippen LogP contribution in [0.3, 0.4) is 0 Å². The van der Waals surface area contributed by atoms with E-state index in [2.05, 4.69) is 27.9 Å². The summed E-state index contributed by atoms with van der Waals surface area (Å²) in [6.07, 6.45) is -0.563. The minimum absolute atomic E-state index is 0.0342. The number of anilines is 1. The number of aliphatic hydroxyl groups is 1. The Hall–Kier alpha value is -2.13. The van der Waals surface area contributed by atoms with Crippen molar-refractivity contribution in [2.24, 2.45) is 0 Å². The highest BCUT2D eigenvalue weighted by Gasteiger charge is 2.20. The van der Waals surface area contributed by atoms with Gasteiger partial charge in [-0.15, -0.1) is 0 Å². The van der Waals surface area contributed by atoms with E-state index in [1.807, 2.05) is 0 Å². The first-order chi connectivity index (χ1) is 12.4. The molecule has 0 bridgehead atoms. The molecule has 0 aliphatic rings. The fourth-order valence-electron chi connectivity index (χ4n) is 2.40.